The summed E-state index contributed by atoms with van der Waals surface area (Å²) in [4.78, 5) is 11.9. The highest BCUT2D eigenvalue weighted by molar-refractivity contribution is 7.80. The summed E-state index contributed by atoms with van der Waals surface area (Å²) in [5.74, 6) is -0.138. The Hall–Kier alpha value is -1.62. The van der Waals surface area contributed by atoms with Crippen LogP contribution in [0.1, 0.15) is 12.0 Å². The van der Waals surface area contributed by atoms with Crippen molar-refractivity contribution >= 4 is 52.1 Å². The first-order chi connectivity index (χ1) is 10.5. The van der Waals surface area contributed by atoms with Crippen molar-refractivity contribution in [1.29, 1.82) is 0 Å². The predicted molar refractivity (Wildman–Crippen MR) is 95.6 cm³/mol. The third-order valence-electron chi connectivity index (χ3n) is 2.91. The van der Waals surface area contributed by atoms with Crippen molar-refractivity contribution < 1.29 is 4.79 Å². The normalized spacial score (nSPS) is 10.1. The topological polar surface area (TPSA) is 41.1 Å². The highest BCUT2D eigenvalue weighted by Gasteiger charge is 2.06. The van der Waals surface area contributed by atoms with Gasteiger partial charge in [0.15, 0.2) is 5.11 Å². The number of hydrogen-bond acceptors (Lipinski definition) is 2. The van der Waals surface area contributed by atoms with Gasteiger partial charge in [-0.3, -0.25) is 4.79 Å². The molecule has 0 unspecified atom stereocenters. The molecule has 0 radical (unpaired) electrons. The van der Waals surface area contributed by atoms with Crippen molar-refractivity contribution in [3.8, 4) is 0 Å². The number of hydrogen-bond donors (Lipinski definition) is 2. The zero-order valence-corrected chi connectivity index (χ0v) is 13.9. The second-order valence-corrected chi connectivity index (χ2v) is 5.84. The van der Waals surface area contributed by atoms with Crippen molar-refractivity contribution in [3.05, 3.63) is 64.1 Å². The summed E-state index contributed by atoms with van der Waals surface area (Å²) in [6.45, 7) is 0. The van der Waals surface area contributed by atoms with Crippen LogP contribution < -0.4 is 10.6 Å². The maximum Gasteiger partial charge on any atom is 0.226 e. The van der Waals surface area contributed by atoms with Gasteiger partial charge in [0.25, 0.3) is 0 Å². The van der Waals surface area contributed by atoms with E-state index in [0.717, 1.165) is 5.56 Å². The lowest BCUT2D eigenvalue weighted by atomic mass is 10.1. The van der Waals surface area contributed by atoms with Gasteiger partial charge in [-0.15, -0.1) is 0 Å². The first-order valence-corrected chi connectivity index (χ1v) is 7.81. The van der Waals surface area contributed by atoms with E-state index in [4.69, 9.17) is 35.4 Å². The van der Waals surface area contributed by atoms with Gasteiger partial charge in [-0.05, 0) is 42.4 Å². The van der Waals surface area contributed by atoms with Crippen molar-refractivity contribution in [2.45, 2.75) is 12.8 Å². The minimum atomic E-state index is -0.138. The zero-order chi connectivity index (χ0) is 15.9. The third-order valence-corrected chi connectivity index (χ3v) is 3.86. The van der Waals surface area contributed by atoms with E-state index in [1.54, 1.807) is 18.2 Å². The molecule has 22 heavy (non-hydrogen) atoms. The minimum Gasteiger partial charge on any atom is -0.332 e. The van der Waals surface area contributed by atoms with Crippen LogP contribution in [-0.4, -0.2) is 11.0 Å². The fraction of sp³-hybridized carbons (Fsp3) is 0.125. The number of amides is 1. The second kappa shape index (κ2) is 8.13. The summed E-state index contributed by atoms with van der Waals surface area (Å²) in [6, 6.07) is 14.8. The summed E-state index contributed by atoms with van der Waals surface area (Å²) in [5, 5.41) is 6.65. The highest BCUT2D eigenvalue weighted by atomic mass is 35.5. The van der Waals surface area contributed by atoms with E-state index in [0.29, 0.717) is 28.6 Å². The number of anilines is 1. The van der Waals surface area contributed by atoms with E-state index in [9.17, 15) is 4.79 Å². The van der Waals surface area contributed by atoms with Gasteiger partial charge < -0.3 is 10.6 Å². The van der Waals surface area contributed by atoms with Gasteiger partial charge in [0.2, 0.25) is 5.91 Å². The van der Waals surface area contributed by atoms with E-state index < -0.39 is 0 Å². The number of thiocarbonyl (C=S) groups is 1. The molecule has 0 bridgehead atoms. The molecule has 2 aromatic carbocycles. The van der Waals surface area contributed by atoms with Crippen molar-refractivity contribution in [1.82, 2.24) is 5.32 Å². The summed E-state index contributed by atoms with van der Waals surface area (Å²) in [5.41, 5.74) is 1.78. The summed E-state index contributed by atoms with van der Waals surface area (Å²) >= 11 is 16.9. The van der Waals surface area contributed by atoms with Crippen molar-refractivity contribution in [2.75, 3.05) is 5.32 Å². The molecule has 0 aliphatic rings. The van der Waals surface area contributed by atoms with Gasteiger partial charge in [-0.1, -0.05) is 53.5 Å². The van der Waals surface area contributed by atoms with Crippen LogP contribution in [0.5, 0.6) is 0 Å². The average molecular weight is 353 g/mol. The maximum absolute atomic E-state index is 11.9. The molecule has 6 heteroatoms. The minimum absolute atomic E-state index is 0.138. The molecule has 0 atom stereocenters. The maximum atomic E-state index is 11.9. The summed E-state index contributed by atoms with van der Waals surface area (Å²) in [6.07, 6.45) is 1.04. The summed E-state index contributed by atoms with van der Waals surface area (Å²) in [7, 11) is 0. The standard InChI is InChI=1S/C16H14Cl2N2OS/c17-13-8-7-12(10-14(13)18)19-16(22)20-15(21)9-6-11-4-2-1-3-5-11/h1-5,7-8,10H,6,9H2,(H2,19,20,21,22). The number of carbonyl (C=O) groups is 1. The number of nitrogens with one attached hydrogen (secondary N) is 2. The molecular weight excluding hydrogens is 339 g/mol. The van der Waals surface area contributed by atoms with E-state index in [1.165, 1.54) is 0 Å². The molecule has 2 N–H and O–H groups in total. The first-order valence-electron chi connectivity index (χ1n) is 6.64. The van der Waals surface area contributed by atoms with Gasteiger partial charge >= 0.3 is 0 Å². The Balaban J connectivity index is 1.81. The van der Waals surface area contributed by atoms with Crippen LogP contribution in [-0.2, 0) is 11.2 Å². The van der Waals surface area contributed by atoms with Gasteiger partial charge in [0.1, 0.15) is 0 Å². The Morgan fingerprint density at radius 1 is 1.05 bits per heavy atom. The van der Waals surface area contributed by atoms with Crippen molar-refractivity contribution in [2.24, 2.45) is 0 Å². The van der Waals surface area contributed by atoms with Crippen LogP contribution in [0.2, 0.25) is 10.0 Å². The van der Waals surface area contributed by atoms with Crippen LogP contribution in [0.15, 0.2) is 48.5 Å². The number of rotatable bonds is 4. The highest BCUT2D eigenvalue weighted by Crippen LogP contribution is 2.24. The van der Waals surface area contributed by atoms with E-state index in [2.05, 4.69) is 10.6 Å². The number of carbonyl (C=O) groups excluding carboxylic acids is 1. The zero-order valence-electron chi connectivity index (χ0n) is 11.6. The molecule has 0 spiro atoms. The Morgan fingerprint density at radius 2 is 1.77 bits per heavy atom. The van der Waals surface area contributed by atoms with Crippen LogP contribution in [0.25, 0.3) is 0 Å². The lowest BCUT2D eigenvalue weighted by Gasteiger charge is -2.10. The fourth-order valence-electron chi connectivity index (χ4n) is 1.83. The van der Waals surface area contributed by atoms with Gasteiger partial charge in [-0.25, -0.2) is 0 Å². The van der Waals surface area contributed by atoms with E-state index in [-0.39, 0.29) is 11.0 Å². The first kappa shape index (κ1) is 16.7. The van der Waals surface area contributed by atoms with Gasteiger partial charge in [0.05, 0.1) is 10.0 Å². The largest absolute Gasteiger partial charge is 0.332 e. The van der Waals surface area contributed by atoms with Gasteiger partial charge in [-0.2, -0.15) is 0 Å². The molecule has 0 heterocycles. The molecule has 0 aromatic heterocycles. The number of halogens is 2. The molecule has 2 rings (SSSR count). The molecule has 0 saturated heterocycles. The van der Waals surface area contributed by atoms with Crippen LogP contribution >= 0.6 is 35.4 Å². The Labute approximate surface area is 144 Å². The van der Waals surface area contributed by atoms with E-state index >= 15 is 0 Å². The summed E-state index contributed by atoms with van der Waals surface area (Å²) < 4.78 is 0. The molecule has 0 fully saturated rings. The second-order valence-electron chi connectivity index (χ2n) is 4.62. The molecule has 114 valence electrons. The lowest BCUT2D eigenvalue weighted by Crippen LogP contribution is -2.34. The molecule has 0 aliphatic heterocycles. The average Bonchev–Trinajstić information content (AvgIpc) is 2.50. The molecule has 1 amide bonds. The molecule has 2 aromatic rings. The fourth-order valence-corrected chi connectivity index (χ4v) is 2.36. The van der Waals surface area contributed by atoms with Crippen LogP contribution in [0.3, 0.4) is 0 Å². The van der Waals surface area contributed by atoms with Gasteiger partial charge in [0, 0.05) is 12.1 Å². The quantitative estimate of drug-likeness (QED) is 0.799. The molecule has 3 nitrogen and oxygen atoms in total. The molecular formula is C16H14Cl2N2OS. The van der Waals surface area contributed by atoms with Crippen LogP contribution in [0.4, 0.5) is 5.69 Å². The van der Waals surface area contributed by atoms with Crippen LogP contribution in [0, 0.1) is 0 Å². The Morgan fingerprint density at radius 3 is 2.45 bits per heavy atom. The third kappa shape index (κ3) is 5.30. The van der Waals surface area contributed by atoms with E-state index in [1.807, 2.05) is 30.3 Å². The van der Waals surface area contributed by atoms with Crippen molar-refractivity contribution in [3.63, 3.8) is 0 Å². The lowest BCUT2D eigenvalue weighted by molar-refractivity contribution is -0.119. The SMILES string of the molecule is O=C(CCc1ccccc1)NC(=S)Nc1ccc(Cl)c(Cl)c1. The number of benzene rings is 2. The molecule has 0 saturated carbocycles. The monoisotopic (exact) mass is 352 g/mol. The predicted octanol–water partition coefficient (Wildman–Crippen LogP) is 4.44. The number of aryl methyl sites for hydroxylation is 1. The smallest absolute Gasteiger partial charge is 0.226 e. The molecule has 0 aliphatic carbocycles. The Kier molecular flexibility index (Phi) is 6.19. The Bertz CT molecular complexity index is 677.